The molecule has 0 unspecified atom stereocenters. The van der Waals surface area contributed by atoms with Gasteiger partial charge in [0.15, 0.2) is 6.61 Å². The van der Waals surface area contributed by atoms with Gasteiger partial charge in [-0.1, -0.05) is 12.1 Å². The minimum absolute atomic E-state index is 0.177. The van der Waals surface area contributed by atoms with Gasteiger partial charge in [0.05, 0.1) is 10.5 Å². The van der Waals surface area contributed by atoms with Gasteiger partial charge in [0, 0.05) is 5.69 Å². The van der Waals surface area contributed by atoms with Crippen LogP contribution in [0.4, 0.5) is 5.69 Å². The Hall–Kier alpha value is -2.87. The summed E-state index contributed by atoms with van der Waals surface area (Å²) in [5, 5.41) is 0. The summed E-state index contributed by atoms with van der Waals surface area (Å²) in [5.74, 6) is -1.48. The summed E-state index contributed by atoms with van der Waals surface area (Å²) in [6.07, 6.45) is 0. The zero-order valence-corrected chi connectivity index (χ0v) is 14.6. The number of hydrogen-bond donors (Lipinski definition) is 2. The second-order valence-electron chi connectivity index (χ2n) is 5.49. The van der Waals surface area contributed by atoms with E-state index >= 15 is 0 Å². The van der Waals surface area contributed by atoms with E-state index in [0.29, 0.717) is 11.3 Å². The lowest BCUT2D eigenvalue weighted by Crippen LogP contribution is -2.21. The Morgan fingerprint density at radius 3 is 2.32 bits per heavy atom. The molecule has 0 aromatic heterocycles. The fraction of sp³-hybridized carbons (Fsp3) is 0.176. The number of rotatable bonds is 6. The summed E-state index contributed by atoms with van der Waals surface area (Å²) in [7, 11) is -3.75. The van der Waals surface area contributed by atoms with E-state index < -0.39 is 28.5 Å². The average molecular weight is 362 g/mol. The van der Waals surface area contributed by atoms with Crippen LogP contribution in [0.25, 0.3) is 0 Å². The van der Waals surface area contributed by atoms with Gasteiger partial charge in [0.2, 0.25) is 0 Å². The Balaban J connectivity index is 2.16. The highest BCUT2D eigenvalue weighted by Gasteiger charge is 2.17. The van der Waals surface area contributed by atoms with Gasteiger partial charge in [0.1, 0.15) is 0 Å². The molecule has 7 nitrogen and oxygen atoms in total. The number of sulfonamides is 1. The van der Waals surface area contributed by atoms with Crippen molar-refractivity contribution in [3.63, 3.8) is 0 Å². The molecule has 0 aliphatic heterocycles. The van der Waals surface area contributed by atoms with Crippen molar-refractivity contribution in [2.75, 3.05) is 11.3 Å². The number of amides is 1. The molecule has 132 valence electrons. The number of aryl methyl sites for hydroxylation is 2. The average Bonchev–Trinajstić information content (AvgIpc) is 2.55. The molecule has 0 radical (unpaired) electrons. The molecule has 0 fully saturated rings. The van der Waals surface area contributed by atoms with Crippen LogP contribution in [-0.4, -0.2) is 26.9 Å². The monoisotopic (exact) mass is 362 g/mol. The van der Waals surface area contributed by atoms with E-state index in [1.807, 2.05) is 13.0 Å². The summed E-state index contributed by atoms with van der Waals surface area (Å²) in [6, 6.07) is 10.8. The third-order valence-corrected chi connectivity index (χ3v) is 4.87. The third kappa shape index (κ3) is 4.80. The maximum Gasteiger partial charge on any atom is 0.338 e. The fourth-order valence-electron chi connectivity index (χ4n) is 2.10. The van der Waals surface area contributed by atoms with E-state index in [-0.39, 0.29) is 10.5 Å². The van der Waals surface area contributed by atoms with Crippen LogP contribution in [0, 0.1) is 13.8 Å². The van der Waals surface area contributed by atoms with Crippen molar-refractivity contribution in [2.45, 2.75) is 18.7 Å². The first kappa shape index (κ1) is 18.5. The molecular weight excluding hydrogens is 344 g/mol. The van der Waals surface area contributed by atoms with Crippen molar-refractivity contribution in [3.05, 3.63) is 59.2 Å². The Bertz CT molecular complexity index is 905. The van der Waals surface area contributed by atoms with Gasteiger partial charge in [-0.05, 0) is 55.3 Å². The van der Waals surface area contributed by atoms with Crippen LogP contribution in [0.2, 0.25) is 0 Å². The maximum atomic E-state index is 12.5. The summed E-state index contributed by atoms with van der Waals surface area (Å²) in [5.41, 5.74) is 6.83. The minimum Gasteiger partial charge on any atom is -0.452 e. The summed E-state index contributed by atoms with van der Waals surface area (Å²) in [4.78, 5) is 22.5. The maximum absolute atomic E-state index is 12.5. The molecule has 0 atom stereocenters. The molecule has 0 bridgehead atoms. The molecule has 0 aliphatic rings. The van der Waals surface area contributed by atoms with Crippen LogP contribution in [0.1, 0.15) is 21.5 Å². The first-order valence-electron chi connectivity index (χ1n) is 7.34. The topological polar surface area (TPSA) is 116 Å². The first-order chi connectivity index (χ1) is 11.7. The largest absolute Gasteiger partial charge is 0.452 e. The number of carbonyl (C=O) groups is 2. The standard InChI is InChI=1S/C17H18N2O5S/c1-11-3-4-12(2)15(9-11)25(22,23)19-14-7-5-13(6-8-14)17(21)24-10-16(18)20/h3-9,19H,10H2,1-2H3,(H2,18,20). The lowest BCUT2D eigenvalue weighted by Gasteiger charge is -2.11. The van der Waals surface area contributed by atoms with Gasteiger partial charge >= 0.3 is 5.97 Å². The van der Waals surface area contributed by atoms with Crippen LogP contribution in [0.15, 0.2) is 47.4 Å². The SMILES string of the molecule is Cc1ccc(C)c(S(=O)(=O)Nc2ccc(C(=O)OCC(N)=O)cc2)c1. The van der Waals surface area contributed by atoms with E-state index in [9.17, 15) is 18.0 Å². The number of hydrogen-bond acceptors (Lipinski definition) is 5. The van der Waals surface area contributed by atoms with Gasteiger partial charge < -0.3 is 10.5 Å². The highest BCUT2D eigenvalue weighted by Crippen LogP contribution is 2.21. The zero-order chi connectivity index (χ0) is 18.6. The molecule has 2 rings (SSSR count). The normalized spacial score (nSPS) is 11.0. The van der Waals surface area contributed by atoms with Crippen molar-refractivity contribution >= 4 is 27.6 Å². The fourth-order valence-corrected chi connectivity index (χ4v) is 3.49. The Labute approximate surface area is 145 Å². The molecular formula is C17H18N2O5S. The highest BCUT2D eigenvalue weighted by molar-refractivity contribution is 7.92. The van der Waals surface area contributed by atoms with Crippen molar-refractivity contribution in [1.29, 1.82) is 0 Å². The van der Waals surface area contributed by atoms with E-state index in [4.69, 9.17) is 5.73 Å². The van der Waals surface area contributed by atoms with Crippen LogP contribution in [0.5, 0.6) is 0 Å². The lowest BCUT2D eigenvalue weighted by molar-refractivity contribution is -0.121. The number of anilines is 1. The number of nitrogens with two attached hydrogens (primary N) is 1. The number of carbonyl (C=O) groups excluding carboxylic acids is 2. The summed E-state index contributed by atoms with van der Waals surface area (Å²) >= 11 is 0. The van der Waals surface area contributed by atoms with Crippen molar-refractivity contribution in [1.82, 2.24) is 0 Å². The molecule has 0 saturated heterocycles. The second kappa shape index (κ2) is 7.35. The Morgan fingerprint density at radius 2 is 1.72 bits per heavy atom. The number of esters is 1. The third-order valence-electron chi connectivity index (χ3n) is 3.35. The Morgan fingerprint density at radius 1 is 1.08 bits per heavy atom. The van der Waals surface area contributed by atoms with Gasteiger partial charge in [0.25, 0.3) is 15.9 Å². The lowest BCUT2D eigenvalue weighted by atomic mass is 10.2. The molecule has 2 aromatic carbocycles. The molecule has 0 aliphatic carbocycles. The predicted octanol–water partition coefficient (Wildman–Crippen LogP) is 1.75. The second-order valence-corrected chi connectivity index (χ2v) is 7.15. The van der Waals surface area contributed by atoms with Crippen molar-refractivity contribution < 1.29 is 22.7 Å². The minimum atomic E-state index is -3.75. The van der Waals surface area contributed by atoms with Crippen LogP contribution < -0.4 is 10.5 Å². The van der Waals surface area contributed by atoms with Crippen LogP contribution in [-0.2, 0) is 19.6 Å². The van der Waals surface area contributed by atoms with Gasteiger partial charge in [-0.2, -0.15) is 0 Å². The quantitative estimate of drug-likeness (QED) is 0.760. The number of ether oxygens (including phenoxy) is 1. The van der Waals surface area contributed by atoms with Crippen LogP contribution in [0.3, 0.4) is 0 Å². The predicted molar refractivity (Wildman–Crippen MR) is 92.6 cm³/mol. The molecule has 0 saturated carbocycles. The molecule has 0 heterocycles. The molecule has 3 N–H and O–H groups in total. The Kier molecular flexibility index (Phi) is 5.43. The molecule has 1 amide bonds. The van der Waals surface area contributed by atoms with E-state index in [0.717, 1.165) is 5.56 Å². The molecule has 8 heteroatoms. The smallest absolute Gasteiger partial charge is 0.338 e. The number of primary amides is 1. The molecule has 2 aromatic rings. The van der Waals surface area contributed by atoms with Crippen molar-refractivity contribution in [2.24, 2.45) is 5.73 Å². The number of nitrogens with one attached hydrogen (secondary N) is 1. The van der Waals surface area contributed by atoms with E-state index in [2.05, 4.69) is 9.46 Å². The van der Waals surface area contributed by atoms with Crippen molar-refractivity contribution in [3.8, 4) is 0 Å². The highest BCUT2D eigenvalue weighted by atomic mass is 32.2. The van der Waals surface area contributed by atoms with E-state index in [1.54, 1.807) is 19.1 Å². The molecule has 25 heavy (non-hydrogen) atoms. The summed E-state index contributed by atoms with van der Waals surface area (Å²) < 4.78 is 32.2. The molecule has 0 spiro atoms. The van der Waals surface area contributed by atoms with E-state index in [1.165, 1.54) is 24.3 Å². The first-order valence-corrected chi connectivity index (χ1v) is 8.83. The number of benzene rings is 2. The van der Waals surface area contributed by atoms with Gasteiger partial charge in [-0.15, -0.1) is 0 Å². The summed E-state index contributed by atoms with van der Waals surface area (Å²) in [6.45, 7) is 3.01. The van der Waals surface area contributed by atoms with Gasteiger partial charge in [-0.3, -0.25) is 9.52 Å². The van der Waals surface area contributed by atoms with Gasteiger partial charge in [-0.25, -0.2) is 13.2 Å². The van der Waals surface area contributed by atoms with Crippen LogP contribution >= 0.6 is 0 Å². The zero-order valence-electron chi connectivity index (χ0n) is 13.8.